The van der Waals surface area contributed by atoms with E-state index in [9.17, 15) is 9.90 Å². The molecular formula is C19H19N5O2. The van der Waals surface area contributed by atoms with Gasteiger partial charge in [0.05, 0.1) is 5.92 Å². The second kappa shape index (κ2) is 7.03. The van der Waals surface area contributed by atoms with Gasteiger partial charge in [0.2, 0.25) is 0 Å². The second-order valence-corrected chi connectivity index (χ2v) is 6.46. The number of hydrogen-bond donors (Lipinski definition) is 1. The van der Waals surface area contributed by atoms with E-state index in [0.717, 1.165) is 19.3 Å². The van der Waals surface area contributed by atoms with Crippen LogP contribution in [0.3, 0.4) is 0 Å². The highest BCUT2D eigenvalue weighted by atomic mass is 16.4. The summed E-state index contributed by atoms with van der Waals surface area (Å²) >= 11 is 0. The summed E-state index contributed by atoms with van der Waals surface area (Å²) < 4.78 is 1.86. The third-order valence-corrected chi connectivity index (χ3v) is 4.88. The zero-order valence-electron chi connectivity index (χ0n) is 14.2. The van der Waals surface area contributed by atoms with Crippen LogP contribution >= 0.6 is 0 Å². The fourth-order valence-electron chi connectivity index (χ4n) is 3.64. The first-order chi connectivity index (χ1) is 12.8. The van der Waals surface area contributed by atoms with Gasteiger partial charge in [-0.2, -0.15) is 0 Å². The monoisotopic (exact) mass is 349 g/mol. The minimum Gasteiger partial charge on any atom is -0.481 e. The molecule has 0 aromatic carbocycles. The van der Waals surface area contributed by atoms with E-state index in [1.165, 1.54) is 0 Å². The first kappa shape index (κ1) is 16.4. The molecule has 0 spiro atoms. The first-order valence-electron chi connectivity index (χ1n) is 8.76. The third kappa shape index (κ3) is 2.96. The Morgan fingerprint density at radius 3 is 2.46 bits per heavy atom. The van der Waals surface area contributed by atoms with E-state index in [1.54, 1.807) is 12.4 Å². The van der Waals surface area contributed by atoms with Crippen LogP contribution in [0.2, 0.25) is 0 Å². The molecule has 1 fully saturated rings. The van der Waals surface area contributed by atoms with Gasteiger partial charge in [-0.05, 0) is 37.1 Å². The van der Waals surface area contributed by atoms with Crippen LogP contribution in [0.25, 0.3) is 17.3 Å². The maximum Gasteiger partial charge on any atom is 0.307 e. The smallest absolute Gasteiger partial charge is 0.307 e. The number of carboxylic acids is 1. The lowest BCUT2D eigenvalue weighted by molar-refractivity contribution is -0.143. The van der Waals surface area contributed by atoms with Crippen molar-refractivity contribution in [1.82, 2.24) is 24.7 Å². The molecule has 0 bridgehead atoms. The quantitative estimate of drug-likeness (QED) is 0.778. The van der Waals surface area contributed by atoms with Gasteiger partial charge in [-0.25, -0.2) is 4.98 Å². The van der Waals surface area contributed by atoms with Gasteiger partial charge in [0.15, 0.2) is 5.82 Å². The standard InChI is InChI=1S/C19H19N5O2/c25-19(26)14-8-2-1-7-13(14)17-22-23-18(15-9-3-5-11-20-15)24(17)16-10-4-6-12-21-16/h3-6,9-14H,1-2,7-8H2,(H,25,26). The predicted molar refractivity (Wildman–Crippen MR) is 94.7 cm³/mol. The summed E-state index contributed by atoms with van der Waals surface area (Å²) in [6.45, 7) is 0. The summed E-state index contributed by atoms with van der Waals surface area (Å²) in [7, 11) is 0. The van der Waals surface area contributed by atoms with Crippen LogP contribution in [0, 0.1) is 5.92 Å². The molecule has 0 amide bonds. The number of hydrogen-bond acceptors (Lipinski definition) is 5. The molecule has 1 aliphatic rings. The highest BCUT2D eigenvalue weighted by Crippen LogP contribution is 2.38. The maximum atomic E-state index is 11.8. The van der Waals surface area contributed by atoms with Gasteiger partial charge in [0.1, 0.15) is 17.3 Å². The van der Waals surface area contributed by atoms with E-state index in [-0.39, 0.29) is 5.92 Å². The predicted octanol–water partition coefficient (Wildman–Crippen LogP) is 3.08. The Hall–Kier alpha value is -3.09. The molecule has 7 nitrogen and oxygen atoms in total. The van der Waals surface area contributed by atoms with Crippen molar-refractivity contribution < 1.29 is 9.90 Å². The van der Waals surface area contributed by atoms with Gasteiger partial charge in [-0.3, -0.25) is 14.3 Å². The molecule has 1 N–H and O–H groups in total. The minimum atomic E-state index is -0.773. The Kier molecular flexibility index (Phi) is 4.43. The van der Waals surface area contributed by atoms with Gasteiger partial charge in [-0.15, -0.1) is 10.2 Å². The molecule has 1 aliphatic carbocycles. The van der Waals surface area contributed by atoms with Crippen LogP contribution in [0.1, 0.15) is 37.4 Å². The molecule has 3 aromatic rings. The molecular weight excluding hydrogens is 330 g/mol. The number of aromatic nitrogens is 5. The van der Waals surface area contributed by atoms with Crippen molar-refractivity contribution in [3.05, 3.63) is 54.6 Å². The van der Waals surface area contributed by atoms with E-state index in [2.05, 4.69) is 20.2 Å². The Labute approximate surface area is 150 Å². The zero-order valence-corrected chi connectivity index (χ0v) is 14.2. The van der Waals surface area contributed by atoms with E-state index < -0.39 is 11.9 Å². The van der Waals surface area contributed by atoms with Crippen LogP contribution in [-0.4, -0.2) is 35.8 Å². The first-order valence-corrected chi connectivity index (χ1v) is 8.76. The summed E-state index contributed by atoms with van der Waals surface area (Å²) in [6.07, 6.45) is 6.77. The van der Waals surface area contributed by atoms with E-state index in [1.807, 2.05) is 41.0 Å². The van der Waals surface area contributed by atoms with Crippen LogP contribution < -0.4 is 0 Å². The number of aliphatic carboxylic acids is 1. The molecule has 0 saturated heterocycles. The van der Waals surface area contributed by atoms with Gasteiger partial charge in [-0.1, -0.05) is 25.0 Å². The summed E-state index contributed by atoms with van der Waals surface area (Å²) in [6, 6.07) is 11.2. The van der Waals surface area contributed by atoms with Crippen LogP contribution in [0.4, 0.5) is 0 Å². The van der Waals surface area contributed by atoms with Crippen molar-refractivity contribution in [2.24, 2.45) is 5.92 Å². The molecule has 26 heavy (non-hydrogen) atoms. The summed E-state index contributed by atoms with van der Waals surface area (Å²) in [5.41, 5.74) is 0.680. The lowest BCUT2D eigenvalue weighted by Gasteiger charge is -2.28. The largest absolute Gasteiger partial charge is 0.481 e. The molecule has 7 heteroatoms. The third-order valence-electron chi connectivity index (χ3n) is 4.88. The number of carboxylic acid groups (broad SMARTS) is 1. The van der Waals surface area contributed by atoms with Crippen molar-refractivity contribution in [1.29, 1.82) is 0 Å². The van der Waals surface area contributed by atoms with E-state index in [4.69, 9.17) is 0 Å². The number of pyridine rings is 2. The van der Waals surface area contributed by atoms with Gasteiger partial charge in [0.25, 0.3) is 0 Å². The maximum absolute atomic E-state index is 11.8. The molecule has 4 rings (SSSR count). The topological polar surface area (TPSA) is 93.8 Å². The average molecular weight is 349 g/mol. The Morgan fingerprint density at radius 1 is 1.00 bits per heavy atom. The second-order valence-electron chi connectivity index (χ2n) is 6.46. The fourth-order valence-corrected chi connectivity index (χ4v) is 3.64. The summed E-state index contributed by atoms with van der Waals surface area (Å²) in [5.74, 6) is 0.484. The SMILES string of the molecule is O=C(O)C1CCCCC1c1nnc(-c2ccccn2)n1-c1ccccn1. The van der Waals surface area contributed by atoms with Crippen molar-refractivity contribution in [2.75, 3.05) is 0 Å². The molecule has 1 saturated carbocycles. The molecule has 0 radical (unpaired) electrons. The van der Waals surface area contributed by atoms with Gasteiger partial charge < -0.3 is 5.11 Å². The fraction of sp³-hybridized carbons (Fsp3) is 0.316. The lowest BCUT2D eigenvalue weighted by Crippen LogP contribution is -2.27. The highest BCUT2D eigenvalue weighted by molar-refractivity contribution is 5.71. The van der Waals surface area contributed by atoms with Gasteiger partial charge >= 0.3 is 5.97 Å². The molecule has 132 valence electrons. The number of nitrogens with zero attached hydrogens (tertiary/aromatic N) is 5. The zero-order chi connectivity index (χ0) is 17.9. The molecule has 0 aliphatic heterocycles. The lowest BCUT2D eigenvalue weighted by atomic mass is 9.78. The Balaban J connectivity index is 1.88. The van der Waals surface area contributed by atoms with Crippen LogP contribution in [0.5, 0.6) is 0 Å². The van der Waals surface area contributed by atoms with Gasteiger partial charge in [0, 0.05) is 18.3 Å². The van der Waals surface area contributed by atoms with E-state index in [0.29, 0.717) is 29.6 Å². The summed E-state index contributed by atoms with van der Waals surface area (Å²) in [5, 5.41) is 18.4. The average Bonchev–Trinajstić information content (AvgIpc) is 3.14. The molecule has 2 unspecified atom stereocenters. The normalized spacial score (nSPS) is 20.0. The molecule has 3 heterocycles. The Bertz CT molecular complexity index is 895. The van der Waals surface area contributed by atoms with Crippen molar-refractivity contribution in [2.45, 2.75) is 31.6 Å². The van der Waals surface area contributed by atoms with Crippen molar-refractivity contribution in [3.63, 3.8) is 0 Å². The molecule has 2 atom stereocenters. The Morgan fingerprint density at radius 2 is 1.77 bits per heavy atom. The van der Waals surface area contributed by atoms with Crippen molar-refractivity contribution in [3.8, 4) is 17.3 Å². The minimum absolute atomic E-state index is 0.187. The molecule has 3 aromatic heterocycles. The number of carbonyl (C=O) groups is 1. The van der Waals surface area contributed by atoms with Crippen molar-refractivity contribution >= 4 is 5.97 Å². The van der Waals surface area contributed by atoms with Crippen LogP contribution in [0.15, 0.2) is 48.8 Å². The van der Waals surface area contributed by atoms with E-state index >= 15 is 0 Å². The van der Waals surface area contributed by atoms with Crippen LogP contribution in [-0.2, 0) is 4.79 Å². The summed E-state index contributed by atoms with van der Waals surface area (Å²) in [4.78, 5) is 20.6. The highest BCUT2D eigenvalue weighted by Gasteiger charge is 2.36. The number of rotatable bonds is 4.